The van der Waals surface area contributed by atoms with Crippen molar-refractivity contribution in [2.45, 2.75) is 37.6 Å². The number of aromatic nitrogens is 1. The zero-order valence-electron chi connectivity index (χ0n) is 11.3. The fraction of sp³-hybridized carbons (Fsp3) is 0.571. The first-order chi connectivity index (χ1) is 9.24. The van der Waals surface area contributed by atoms with Gasteiger partial charge in [-0.1, -0.05) is 12.8 Å². The fourth-order valence-corrected chi connectivity index (χ4v) is 2.96. The molecule has 4 nitrogen and oxygen atoms in total. The summed E-state index contributed by atoms with van der Waals surface area (Å²) in [6, 6.07) is 3.85. The Labute approximate surface area is 120 Å². The van der Waals surface area contributed by atoms with Gasteiger partial charge < -0.3 is 15.4 Å². The minimum absolute atomic E-state index is 0.0995. The molecule has 0 bridgehead atoms. The monoisotopic (exact) mass is 279 g/mol. The molecule has 1 aliphatic rings. The molecule has 0 unspecified atom stereocenters. The smallest absolute Gasteiger partial charge is 0.171 e. The molecule has 0 aliphatic heterocycles. The Morgan fingerprint density at radius 2 is 2.26 bits per heavy atom. The fourth-order valence-electron chi connectivity index (χ4n) is 2.63. The molecular formula is C14H21N3OS. The standard InChI is InChI=1S/C14H21N3OS/c1-18-10-8-14(6-2-3-7-14)17-13(19)16-12-5-4-9-15-11-12/h4-5,9,11H,2-3,6-8,10H2,1H3,(H2,16,17,19). The van der Waals surface area contributed by atoms with Crippen LogP contribution in [0, 0.1) is 0 Å². The van der Waals surface area contributed by atoms with E-state index in [-0.39, 0.29) is 5.54 Å². The van der Waals surface area contributed by atoms with Crippen LogP contribution in [-0.4, -0.2) is 29.4 Å². The van der Waals surface area contributed by atoms with E-state index in [4.69, 9.17) is 17.0 Å². The van der Waals surface area contributed by atoms with Crippen molar-refractivity contribution in [1.29, 1.82) is 0 Å². The van der Waals surface area contributed by atoms with E-state index in [1.165, 1.54) is 12.8 Å². The van der Waals surface area contributed by atoms with E-state index in [0.717, 1.165) is 31.6 Å². The number of hydrogen-bond donors (Lipinski definition) is 2. The Morgan fingerprint density at radius 1 is 1.47 bits per heavy atom. The lowest BCUT2D eigenvalue weighted by molar-refractivity contribution is 0.163. The average Bonchev–Trinajstić information content (AvgIpc) is 2.86. The summed E-state index contributed by atoms with van der Waals surface area (Å²) in [5.41, 5.74) is 1.02. The predicted octanol–water partition coefficient (Wildman–Crippen LogP) is 2.72. The summed E-state index contributed by atoms with van der Waals surface area (Å²) in [5.74, 6) is 0. The van der Waals surface area contributed by atoms with Crippen LogP contribution in [0.4, 0.5) is 5.69 Å². The molecule has 1 heterocycles. The molecular weight excluding hydrogens is 258 g/mol. The normalized spacial score (nSPS) is 17.1. The van der Waals surface area contributed by atoms with Crippen molar-refractivity contribution in [3.63, 3.8) is 0 Å². The summed E-state index contributed by atoms with van der Waals surface area (Å²) >= 11 is 5.40. The first-order valence-corrected chi connectivity index (χ1v) is 7.13. The number of rotatable bonds is 5. The number of thiocarbonyl (C=S) groups is 1. The summed E-state index contributed by atoms with van der Waals surface area (Å²) in [6.45, 7) is 0.766. The molecule has 1 fully saturated rings. The lowest BCUT2D eigenvalue weighted by Gasteiger charge is -2.31. The van der Waals surface area contributed by atoms with Crippen molar-refractivity contribution in [2.75, 3.05) is 19.0 Å². The van der Waals surface area contributed by atoms with Crippen LogP contribution in [0.3, 0.4) is 0 Å². The Bertz CT molecular complexity index is 404. The van der Waals surface area contributed by atoms with Crippen LogP contribution in [0.15, 0.2) is 24.5 Å². The van der Waals surface area contributed by atoms with Gasteiger partial charge in [0.2, 0.25) is 0 Å². The van der Waals surface area contributed by atoms with Crippen molar-refractivity contribution < 1.29 is 4.74 Å². The summed E-state index contributed by atoms with van der Waals surface area (Å²) in [4.78, 5) is 4.07. The maximum atomic E-state index is 5.40. The van der Waals surface area contributed by atoms with Crippen molar-refractivity contribution in [3.8, 4) is 0 Å². The van der Waals surface area contributed by atoms with Crippen molar-refractivity contribution in [1.82, 2.24) is 10.3 Å². The van der Waals surface area contributed by atoms with Gasteiger partial charge >= 0.3 is 0 Å². The van der Waals surface area contributed by atoms with E-state index < -0.39 is 0 Å². The highest BCUT2D eigenvalue weighted by Gasteiger charge is 2.33. The number of anilines is 1. The molecule has 0 amide bonds. The summed E-state index contributed by atoms with van der Waals surface area (Å²) in [5, 5.41) is 7.35. The first kappa shape index (κ1) is 14.2. The van der Waals surface area contributed by atoms with E-state index in [1.54, 1.807) is 19.5 Å². The molecule has 19 heavy (non-hydrogen) atoms. The third-order valence-electron chi connectivity index (χ3n) is 3.64. The van der Waals surface area contributed by atoms with Gasteiger partial charge in [0.25, 0.3) is 0 Å². The van der Waals surface area contributed by atoms with E-state index in [0.29, 0.717) is 5.11 Å². The van der Waals surface area contributed by atoms with Crippen LogP contribution in [0.5, 0.6) is 0 Å². The number of pyridine rings is 1. The molecule has 104 valence electrons. The third-order valence-corrected chi connectivity index (χ3v) is 3.85. The van der Waals surface area contributed by atoms with Crippen LogP contribution < -0.4 is 10.6 Å². The van der Waals surface area contributed by atoms with Gasteiger partial charge in [0.05, 0.1) is 11.9 Å². The number of nitrogens with one attached hydrogen (secondary N) is 2. The molecule has 1 aromatic rings. The number of ether oxygens (including phenoxy) is 1. The van der Waals surface area contributed by atoms with Crippen molar-refractivity contribution in [3.05, 3.63) is 24.5 Å². The van der Waals surface area contributed by atoms with Gasteiger partial charge in [-0.05, 0) is 43.6 Å². The zero-order chi connectivity index (χ0) is 13.6. The maximum absolute atomic E-state index is 5.40. The molecule has 1 saturated carbocycles. The summed E-state index contributed by atoms with van der Waals surface area (Å²) < 4.78 is 5.21. The van der Waals surface area contributed by atoms with E-state index >= 15 is 0 Å². The predicted molar refractivity (Wildman–Crippen MR) is 81.3 cm³/mol. The minimum Gasteiger partial charge on any atom is -0.385 e. The van der Waals surface area contributed by atoms with E-state index in [9.17, 15) is 0 Å². The van der Waals surface area contributed by atoms with Crippen LogP contribution in [0.25, 0.3) is 0 Å². The second-order valence-corrected chi connectivity index (χ2v) is 5.46. The lowest BCUT2D eigenvalue weighted by Crippen LogP contribution is -2.48. The number of hydrogen-bond acceptors (Lipinski definition) is 3. The SMILES string of the molecule is COCCC1(NC(=S)Nc2cccnc2)CCCC1. The van der Waals surface area contributed by atoms with Gasteiger partial charge in [0.15, 0.2) is 5.11 Å². The lowest BCUT2D eigenvalue weighted by atomic mass is 9.94. The highest BCUT2D eigenvalue weighted by atomic mass is 32.1. The molecule has 0 saturated heterocycles. The van der Waals surface area contributed by atoms with Gasteiger partial charge in [-0.15, -0.1) is 0 Å². The van der Waals surface area contributed by atoms with Crippen LogP contribution in [0.1, 0.15) is 32.1 Å². The third kappa shape index (κ3) is 4.14. The van der Waals surface area contributed by atoms with Crippen LogP contribution in [0.2, 0.25) is 0 Å². The molecule has 0 aromatic carbocycles. The minimum atomic E-state index is 0.0995. The molecule has 5 heteroatoms. The van der Waals surface area contributed by atoms with Gasteiger partial charge in [-0.25, -0.2) is 0 Å². The van der Waals surface area contributed by atoms with E-state index in [1.807, 2.05) is 12.1 Å². The molecule has 2 N–H and O–H groups in total. The number of nitrogens with zero attached hydrogens (tertiary/aromatic N) is 1. The zero-order valence-corrected chi connectivity index (χ0v) is 12.1. The Balaban J connectivity index is 1.92. The average molecular weight is 279 g/mol. The molecule has 0 spiro atoms. The molecule has 0 radical (unpaired) electrons. The molecule has 1 aliphatic carbocycles. The molecule has 1 aromatic heterocycles. The largest absolute Gasteiger partial charge is 0.385 e. The quantitative estimate of drug-likeness (QED) is 0.812. The van der Waals surface area contributed by atoms with Crippen LogP contribution in [-0.2, 0) is 4.74 Å². The van der Waals surface area contributed by atoms with Gasteiger partial charge in [-0.3, -0.25) is 4.98 Å². The van der Waals surface area contributed by atoms with Crippen LogP contribution >= 0.6 is 12.2 Å². The van der Waals surface area contributed by atoms with Gasteiger partial charge in [0.1, 0.15) is 0 Å². The maximum Gasteiger partial charge on any atom is 0.171 e. The molecule has 2 rings (SSSR count). The first-order valence-electron chi connectivity index (χ1n) is 6.72. The number of methoxy groups -OCH3 is 1. The Morgan fingerprint density at radius 3 is 2.89 bits per heavy atom. The summed E-state index contributed by atoms with van der Waals surface area (Å²) in [6.07, 6.45) is 9.34. The molecule has 0 atom stereocenters. The van der Waals surface area contributed by atoms with E-state index in [2.05, 4.69) is 15.6 Å². The second kappa shape index (κ2) is 6.82. The summed E-state index contributed by atoms with van der Waals surface area (Å²) in [7, 11) is 1.74. The highest BCUT2D eigenvalue weighted by molar-refractivity contribution is 7.80. The van der Waals surface area contributed by atoms with Crippen molar-refractivity contribution >= 4 is 23.0 Å². The highest BCUT2D eigenvalue weighted by Crippen LogP contribution is 2.32. The topological polar surface area (TPSA) is 46.2 Å². The van der Waals surface area contributed by atoms with Crippen molar-refractivity contribution in [2.24, 2.45) is 0 Å². The Kier molecular flexibility index (Phi) is 5.10. The van der Waals surface area contributed by atoms with Gasteiger partial charge in [0, 0.05) is 25.5 Å². The second-order valence-electron chi connectivity index (χ2n) is 5.05. The Hall–Kier alpha value is -1.20. The van der Waals surface area contributed by atoms with Gasteiger partial charge in [-0.2, -0.15) is 0 Å².